The predicted molar refractivity (Wildman–Crippen MR) is 97.7 cm³/mol. The average molecular weight is 355 g/mol. The SMILES string of the molecule is C[C@@H](Oc1ccccc1)C(=O)Nn1cnc2c(cnn2C(C)(C)C)c1=O. The van der Waals surface area contributed by atoms with Crippen molar-refractivity contribution in [2.45, 2.75) is 39.3 Å². The average Bonchev–Trinajstić information content (AvgIpc) is 3.03. The molecule has 8 heteroatoms. The number of carbonyl (C=O) groups is 1. The van der Waals surface area contributed by atoms with Crippen LogP contribution in [0.25, 0.3) is 11.0 Å². The summed E-state index contributed by atoms with van der Waals surface area (Å²) >= 11 is 0. The van der Waals surface area contributed by atoms with Crippen molar-refractivity contribution in [3.8, 4) is 5.75 Å². The summed E-state index contributed by atoms with van der Waals surface area (Å²) in [5, 5.41) is 4.57. The van der Waals surface area contributed by atoms with E-state index in [-0.39, 0.29) is 5.54 Å². The number of nitrogens with one attached hydrogen (secondary N) is 1. The van der Waals surface area contributed by atoms with Crippen molar-refractivity contribution < 1.29 is 9.53 Å². The third-order valence-electron chi connectivity index (χ3n) is 3.78. The van der Waals surface area contributed by atoms with E-state index in [1.807, 2.05) is 39.0 Å². The standard InChI is InChI=1S/C18H21N5O3/c1-12(26-13-8-6-5-7-9-13)16(24)21-22-11-19-15-14(17(22)25)10-20-23(15)18(2,3)4/h5-12H,1-4H3,(H,21,24)/t12-/m1/s1. The fraction of sp³-hybridized carbons (Fsp3) is 0.333. The van der Waals surface area contributed by atoms with E-state index in [2.05, 4.69) is 15.5 Å². The second kappa shape index (κ2) is 6.62. The molecular weight excluding hydrogens is 334 g/mol. The molecule has 2 aromatic heterocycles. The summed E-state index contributed by atoms with van der Waals surface area (Å²) in [6, 6.07) is 9.00. The molecule has 26 heavy (non-hydrogen) atoms. The molecule has 8 nitrogen and oxygen atoms in total. The van der Waals surface area contributed by atoms with E-state index in [1.165, 1.54) is 12.5 Å². The Hall–Kier alpha value is -3.16. The molecule has 1 amide bonds. The fourth-order valence-corrected chi connectivity index (χ4v) is 2.45. The zero-order chi connectivity index (χ0) is 18.9. The zero-order valence-electron chi connectivity index (χ0n) is 15.1. The molecular formula is C18H21N5O3. The number of para-hydroxylation sites is 1. The van der Waals surface area contributed by atoms with Crippen LogP contribution in [0.5, 0.6) is 5.75 Å². The minimum absolute atomic E-state index is 0.311. The van der Waals surface area contributed by atoms with E-state index in [1.54, 1.807) is 23.7 Å². The van der Waals surface area contributed by atoms with Crippen LogP contribution in [0.4, 0.5) is 0 Å². The van der Waals surface area contributed by atoms with Crippen LogP contribution in [0.1, 0.15) is 27.7 Å². The number of fused-ring (bicyclic) bond motifs is 1. The molecule has 2 heterocycles. The largest absolute Gasteiger partial charge is 0.481 e. The molecule has 0 saturated carbocycles. The third-order valence-corrected chi connectivity index (χ3v) is 3.78. The van der Waals surface area contributed by atoms with Crippen LogP contribution >= 0.6 is 0 Å². The summed E-state index contributed by atoms with van der Waals surface area (Å²) in [5.74, 6) is 0.114. The van der Waals surface area contributed by atoms with Gasteiger partial charge in [-0.05, 0) is 39.8 Å². The van der Waals surface area contributed by atoms with Crippen LogP contribution in [-0.4, -0.2) is 31.5 Å². The third kappa shape index (κ3) is 3.44. The maximum atomic E-state index is 12.6. The molecule has 0 unspecified atom stereocenters. The zero-order valence-corrected chi connectivity index (χ0v) is 15.1. The van der Waals surface area contributed by atoms with Gasteiger partial charge in [-0.2, -0.15) is 5.10 Å². The highest BCUT2D eigenvalue weighted by Gasteiger charge is 2.21. The summed E-state index contributed by atoms with van der Waals surface area (Å²) in [7, 11) is 0. The van der Waals surface area contributed by atoms with Gasteiger partial charge >= 0.3 is 0 Å². The van der Waals surface area contributed by atoms with Crippen molar-refractivity contribution in [3.05, 3.63) is 53.2 Å². The van der Waals surface area contributed by atoms with Crippen LogP contribution in [-0.2, 0) is 10.3 Å². The molecule has 1 atom stereocenters. The van der Waals surface area contributed by atoms with E-state index >= 15 is 0 Å². The lowest BCUT2D eigenvalue weighted by atomic mass is 10.1. The van der Waals surface area contributed by atoms with Gasteiger partial charge < -0.3 is 4.74 Å². The Kier molecular flexibility index (Phi) is 4.50. The number of amides is 1. The Labute approximate surface area is 150 Å². The summed E-state index contributed by atoms with van der Waals surface area (Å²) in [6.45, 7) is 7.52. The Morgan fingerprint density at radius 2 is 1.92 bits per heavy atom. The van der Waals surface area contributed by atoms with Gasteiger partial charge in [0.15, 0.2) is 11.8 Å². The van der Waals surface area contributed by atoms with Gasteiger partial charge in [-0.3, -0.25) is 15.0 Å². The van der Waals surface area contributed by atoms with Crippen LogP contribution in [0.2, 0.25) is 0 Å². The van der Waals surface area contributed by atoms with Crippen LogP contribution in [0.3, 0.4) is 0 Å². The number of nitrogens with zero attached hydrogens (tertiary/aromatic N) is 4. The maximum Gasteiger partial charge on any atom is 0.283 e. The van der Waals surface area contributed by atoms with Gasteiger partial charge in [-0.1, -0.05) is 18.2 Å². The van der Waals surface area contributed by atoms with Crippen molar-refractivity contribution in [2.24, 2.45) is 0 Å². The first-order valence-corrected chi connectivity index (χ1v) is 8.26. The van der Waals surface area contributed by atoms with Crippen molar-refractivity contribution >= 4 is 16.9 Å². The molecule has 3 aromatic rings. The van der Waals surface area contributed by atoms with E-state index in [4.69, 9.17) is 4.74 Å². The summed E-state index contributed by atoms with van der Waals surface area (Å²) in [5.41, 5.74) is 2.28. The van der Waals surface area contributed by atoms with E-state index < -0.39 is 17.6 Å². The lowest BCUT2D eigenvalue weighted by Gasteiger charge is -2.19. The lowest BCUT2D eigenvalue weighted by molar-refractivity contribution is -0.123. The molecule has 1 N–H and O–H groups in total. The summed E-state index contributed by atoms with van der Waals surface area (Å²) < 4.78 is 8.28. The van der Waals surface area contributed by atoms with Gasteiger partial charge in [-0.15, -0.1) is 0 Å². The number of hydrogen-bond donors (Lipinski definition) is 1. The molecule has 0 bridgehead atoms. The van der Waals surface area contributed by atoms with E-state index in [9.17, 15) is 9.59 Å². The van der Waals surface area contributed by atoms with Gasteiger partial charge in [0.25, 0.3) is 11.5 Å². The molecule has 136 valence electrons. The summed E-state index contributed by atoms with van der Waals surface area (Å²) in [4.78, 5) is 29.2. The van der Waals surface area contributed by atoms with Crippen molar-refractivity contribution in [1.29, 1.82) is 0 Å². The smallest absolute Gasteiger partial charge is 0.283 e. The molecule has 0 fully saturated rings. The number of rotatable bonds is 4. The molecule has 0 aliphatic rings. The highest BCUT2D eigenvalue weighted by molar-refractivity contribution is 5.88. The Morgan fingerprint density at radius 3 is 2.58 bits per heavy atom. The highest BCUT2D eigenvalue weighted by Crippen LogP contribution is 2.17. The first-order chi connectivity index (χ1) is 12.3. The quantitative estimate of drug-likeness (QED) is 0.772. The van der Waals surface area contributed by atoms with Crippen molar-refractivity contribution in [1.82, 2.24) is 19.4 Å². The first kappa shape index (κ1) is 17.7. The minimum Gasteiger partial charge on any atom is -0.481 e. The topological polar surface area (TPSA) is 91.0 Å². The first-order valence-electron chi connectivity index (χ1n) is 8.26. The molecule has 0 aliphatic carbocycles. The number of hydrogen-bond acceptors (Lipinski definition) is 5. The Morgan fingerprint density at radius 1 is 1.23 bits per heavy atom. The second-order valence-corrected chi connectivity index (χ2v) is 6.93. The molecule has 0 saturated heterocycles. The van der Waals surface area contributed by atoms with Gasteiger partial charge in [0, 0.05) is 0 Å². The van der Waals surface area contributed by atoms with Gasteiger partial charge in [0.2, 0.25) is 0 Å². The monoisotopic (exact) mass is 355 g/mol. The minimum atomic E-state index is -0.780. The molecule has 0 spiro atoms. The van der Waals surface area contributed by atoms with Crippen LogP contribution in [0, 0.1) is 0 Å². The number of carbonyl (C=O) groups excluding carboxylic acids is 1. The van der Waals surface area contributed by atoms with Crippen molar-refractivity contribution in [3.63, 3.8) is 0 Å². The van der Waals surface area contributed by atoms with Crippen molar-refractivity contribution in [2.75, 3.05) is 5.43 Å². The maximum absolute atomic E-state index is 12.6. The van der Waals surface area contributed by atoms with Gasteiger partial charge in [-0.25, -0.2) is 14.3 Å². The fourth-order valence-electron chi connectivity index (χ4n) is 2.45. The van der Waals surface area contributed by atoms with E-state index in [0.29, 0.717) is 16.8 Å². The van der Waals surface area contributed by atoms with Gasteiger partial charge in [0.05, 0.1) is 11.7 Å². The highest BCUT2D eigenvalue weighted by atomic mass is 16.5. The normalized spacial score (nSPS) is 12.8. The Balaban J connectivity index is 1.82. The number of benzene rings is 1. The molecule has 3 rings (SSSR count). The molecule has 0 aliphatic heterocycles. The van der Waals surface area contributed by atoms with Crippen LogP contribution < -0.4 is 15.7 Å². The van der Waals surface area contributed by atoms with Gasteiger partial charge in [0.1, 0.15) is 17.5 Å². The lowest BCUT2D eigenvalue weighted by Crippen LogP contribution is -2.40. The summed E-state index contributed by atoms with van der Waals surface area (Å²) in [6.07, 6.45) is 1.96. The Bertz CT molecular complexity index is 985. The molecule has 0 radical (unpaired) electrons. The van der Waals surface area contributed by atoms with E-state index in [0.717, 1.165) is 4.68 Å². The van der Waals surface area contributed by atoms with Crippen LogP contribution in [0.15, 0.2) is 47.7 Å². The molecule has 1 aromatic carbocycles. The predicted octanol–water partition coefficient (Wildman–Crippen LogP) is 1.89. The number of aromatic nitrogens is 4. The second-order valence-electron chi connectivity index (χ2n) is 6.93. The number of ether oxygens (including phenoxy) is 1.